The molecule has 2 aromatic rings. The van der Waals surface area contributed by atoms with Crippen molar-refractivity contribution >= 4 is 5.91 Å². The van der Waals surface area contributed by atoms with Gasteiger partial charge in [-0.25, -0.2) is 0 Å². The van der Waals surface area contributed by atoms with Crippen LogP contribution in [0.4, 0.5) is 0 Å². The van der Waals surface area contributed by atoms with E-state index >= 15 is 0 Å². The molecule has 0 radical (unpaired) electrons. The van der Waals surface area contributed by atoms with Gasteiger partial charge in [-0.15, -0.1) is 0 Å². The molecule has 5 heteroatoms. The lowest BCUT2D eigenvalue weighted by Gasteiger charge is -2.14. The summed E-state index contributed by atoms with van der Waals surface area (Å²) in [6.45, 7) is 11.4. The first-order chi connectivity index (χ1) is 12.9. The number of carbonyl (C=O) groups is 1. The van der Waals surface area contributed by atoms with E-state index in [0.29, 0.717) is 31.3 Å². The average Bonchev–Trinajstić information content (AvgIpc) is 2.64. The molecule has 146 valence electrons. The largest absolute Gasteiger partial charge is 0.490 e. The molecule has 0 unspecified atom stereocenters. The van der Waals surface area contributed by atoms with Crippen molar-refractivity contribution in [3.05, 3.63) is 52.6 Å². The van der Waals surface area contributed by atoms with E-state index in [9.17, 15) is 4.79 Å². The van der Waals surface area contributed by atoms with Crippen molar-refractivity contribution in [3.63, 3.8) is 0 Å². The zero-order valence-corrected chi connectivity index (χ0v) is 16.8. The van der Waals surface area contributed by atoms with Gasteiger partial charge in [0.15, 0.2) is 18.1 Å². The maximum absolute atomic E-state index is 12.2. The molecule has 0 fully saturated rings. The van der Waals surface area contributed by atoms with Crippen LogP contribution in [0, 0.1) is 20.8 Å². The molecule has 0 bridgehead atoms. The number of rotatable bonds is 9. The Morgan fingerprint density at radius 3 is 2.30 bits per heavy atom. The number of benzene rings is 2. The summed E-state index contributed by atoms with van der Waals surface area (Å²) >= 11 is 0. The molecular weight excluding hydrogens is 342 g/mol. The summed E-state index contributed by atoms with van der Waals surface area (Å²) in [4.78, 5) is 12.2. The molecule has 0 atom stereocenters. The standard InChI is InChI=1S/C22H29NO4/c1-6-25-19-9-8-18(12-21(19)26-7-2)13-23-22(24)14-27-20-11-15(3)10-16(4)17(20)5/h8-12H,6-7,13-14H2,1-5H3,(H,23,24). The Morgan fingerprint density at radius 1 is 0.889 bits per heavy atom. The fourth-order valence-electron chi connectivity index (χ4n) is 2.75. The number of nitrogens with one attached hydrogen (secondary N) is 1. The lowest BCUT2D eigenvalue weighted by molar-refractivity contribution is -0.123. The fraction of sp³-hybridized carbons (Fsp3) is 0.409. The SMILES string of the molecule is CCOc1ccc(CNC(=O)COc2cc(C)cc(C)c2C)cc1OCC. The predicted octanol–water partition coefficient (Wildman–Crippen LogP) is 4.10. The van der Waals surface area contributed by atoms with Crippen molar-refractivity contribution in [2.24, 2.45) is 0 Å². The molecule has 2 rings (SSSR count). The van der Waals surface area contributed by atoms with Crippen LogP contribution in [0.25, 0.3) is 0 Å². The Labute approximate surface area is 161 Å². The van der Waals surface area contributed by atoms with E-state index in [4.69, 9.17) is 14.2 Å². The van der Waals surface area contributed by atoms with E-state index in [1.54, 1.807) is 0 Å². The molecule has 0 aliphatic heterocycles. The third-order valence-corrected chi connectivity index (χ3v) is 4.22. The van der Waals surface area contributed by atoms with E-state index in [1.165, 1.54) is 0 Å². The third-order valence-electron chi connectivity index (χ3n) is 4.22. The first-order valence-electron chi connectivity index (χ1n) is 9.30. The van der Waals surface area contributed by atoms with Crippen LogP contribution < -0.4 is 19.5 Å². The number of ether oxygens (including phenoxy) is 3. The summed E-state index contributed by atoms with van der Waals surface area (Å²) in [7, 11) is 0. The summed E-state index contributed by atoms with van der Waals surface area (Å²) < 4.78 is 16.9. The van der Waals surface area contributed by atoms with Crippen molar-refractivity contribution in [3.8, 4) is 17.2 Å². The molecule has 1 N–H and O–H groups in total. The Bertz CT molecular complexity index is 786. The van der Waals surface area contributed by atoms with Gasteiger partial charge in [0, 0.05) is 6.54 Å². The zero-order chi connectivity index (χ0) is 19.8. The van der Waals surface area contributed by atoms with Gasteiger partial charge in [-0.05, 0) is 75.1 Å². The monoisotopic (exact) mass is 371 g/mol. The second-order valence-corrected chi connectivity index (χ2v) is 6.42. The molecule has 1 amide bonds. The van der Waals surface area contributed by atoms with Crippen LogP contribution >= 0.6 is 0 Å². The van der Waals surface area contributed by atoms with Crippen LogP contribution in [0.5, 0.6) is 17.2 Å². The molecule has 0 aliphatic rings. The van der Waals surface area contributed by atoms with Gasteiger partial charge in [0.1, 0.15) is 5.75 Å². The fourth-order valence-corrected chi connectivity index (χ4v) is 2.75. The third kappa shape index (κ3) is 5.91. The van der Waals surface area contributed by atoms with Crippen LogP contribution in [-0.2, 0) is 11.3 Å². The van der Waals surface area contributed by atoms with Crippen LogP contribution in [0.1, 0.15) is 36.1 Å². The van der Waals surface area contributed by atoms with Gasteiger partial charge < -0.3 is 19.5 Å². The highest BCUT2D eigenvalue weighted by Crippen LogP contribution is 2.28. The normalized spacial score (nSPS) is 10.4. The molecule has 0 saturated heterocycles. The first-order valence-corrected chi connectivity index (χ1v) is 9.30. The lowest BCUT2D eigenvalue weighted by Crippen LogP contribution is -2.28. The summed E-state index contributed by atoms with van der Waals surface area (Å²) in [6.07, 6.45) is 0. The van der Waals surface area contributed by atoms with Gasteiger partial charge in [-0.3, -0.25) is 4.79 Å². The van der Waals surface area contributed by atoms with Crippen molar-refractivity contribution in [2.75, 3.05) is 19.8 Å². The summed E-state index contributed by atoms with van der Waals surface area (Å²) in [5, 5.41) is 2.88. The second kappa shape index (κ2) is 9.86. The van der Waals surface area contributed by atoms with Crippen LogP contribution in [-0.4, -0.2) is 25.7 Å². The van der Waals surface area contributed by atoms with E-state index in [1.807, 2.05) is 58.9 Å². The Morgan fingerprint density at radius 2 is 1.59 bits per heavy atom. The number of aryl methyl sites for hydroxylation is 2. The van der Waals surface area contributed by atoms with Crippen molar-refractivity contribution in [1.29, 1.82) is 0 Å². The molecular formula is C22H29NO4. The Kier molecular flexibility index (Phi) is 7.53. The minimum Gasteiger partial charge on any atom is -0.490 e. The molecule has 0 heterocycles. The van der Waals surface area contributed by atoms with Gasteiger partial charge in [0.05, 0.1) is 13.2 Å². The highest BCUT2D eigenvalue weighted by atomic mass is 16.5. The van der Waals surface area contributed by atoms with E-state index in [-0.39, 0.29) is 12.5 Å². The van der Waals surface area contributed by atoms with Gasteiger partial charge in [-0.1, -0.05) is 12.1 Å². The van der Waals surface area contributed by atoms with E-state index < -0.39 is 0 Å². The molecule has 0 aliphatic carbocycles. The van der Waals surface area contributed by atoms with Gasteiger partial charge in [-0.2, -0.15) is 0 Å². The number of carbonyl (C=O) groups excluding carboxylic acids is 1. The highest BCUT2D eigenvalue weighted by molar-refractivity contribution is 5.77. The number of hydrogen-bond acceptors (Lipinski definition) is 4. The molecule has 27 heavy (non-hydrogen) atoms. The van der Waals surface area contributed by atoms with E-state index in [0.717, 1.165) is 28.0 Å². The minimum atomic E-state index is -0.166. The van der Waals surface area contributed by atoms with Crippen LogP contribution in [0.3, 0.4) is 0 Å². The molecule has 0 saturated carbocycles. The molecule has 2 aromatic carbocycles. The van der Waals surface area contributed by atoms with Crippen molar-refractivity contribution in [1.82, 2.24) is 5.32 Å². The minimum absolute atomic E-state index is 0.0148. The summed E-state index contributed by atoms with van der Waals surface area (Å²) in [5.41, 5.74) is 4.27. The maximum atomic E-state index is 12.2. The maximum Gasteiger partial charge on any atom is 0.258 e. The molecule has 5 nitrogen and oxygen atoms in total. The highest BCUT2D eigenvalue weighted by Gasteiger charge is 2.09. The molecule has 0 spiro atoms. The smallest absolute Gasteiger partial charge is 0.258 e. The lowest BCUT2D eigenvalue weighted by atomic mass is 10.1. The van der Waals surface area contributed by atoms with Gasteiger partial charge >= 0.3 is 0 Å². The number of hydrogen-bond donors (Lipinski definition) is 1. The van der Waals surface area contributed by atoms with Crippen molar-refractivity contribution < 1.29 is 19.0 Å². The van der Waals surface area contributed by atoms with E-state index in [2.05, 4.69) is 11.4 Å². The predicted molar refractivity (Wildman–Crippen MR) is 107 cm³/mol. The van der Waals surface area contributed by atoms with Crippen LogP contribution in [0.2, 0.25) is 0 Å². The first kappa shape index (κ1) is 20.6. The quantitative estimate of drug-likeness (QED) is 0.721. The second-order valence-electron chi connectivity index (χ2n) is 6.42. The summed E-state index contributed by atoms with van der Waals surface area (Å²) in [5.74, 6) is 1.99. The average molecular weight is 371 g/mol. The van der Waals surface area contributed by atoms with Crippen LogP contribution in [0.15, 0.2) is 30.3 Å². The number of amides is 1. The van der Waals surface area contributed by atoms with Gasteiger partial charge in [0.25, 0.3) is 5.91 Å². The Balaban J connectivity index is 1.93. The van der Waals surface area contributed by atoms with Crippen molar-refractivity contribution in [2.45, 2.75) is 41.2 Å². The zero-order valence-electron chi connectivity index (χ0n) is 16.8. The Hall–Kier alpha value is -2.69. The summed E-state index contributed by atoms with van der Waals surface area (Å²) in [6, 6.07) is 9.73. The molecule has 0 aromatic heterocycles. The van der Waals surface area contributed by atoms with Gasteiger partial charge in [0.2, 0.25) is 0 Å². The topological polar surface area (TPSA) is 56.8 Å².